The van der Waals surface area contributed by atoms with E-state index in [2.05, 4.69) is 26.3 Å². The molecule has 1 aromatic carbocycles. The lowest BCUT2D eigenvalue weighted by Gasteiger charge is -2.34. The summed E-state index contributed by atoms with van der Waals surface area (Å²) in [5.41, 5.74) is 1.61. The van der Waals surface area contributed by atoms with Gasteiger partial charge in [-0.1, -0.05) is 0 Å². The Kier molecular flexibility index (Phi) is 10.3. The quantitative estimate of drug-likeness (QED) is 0.403. The van der Waals surface area contributed by atoms with Gasteiger partial charge in [0, 0.05) is 38.8 Å². The third-order valence-electron chi connectivity index (χ3n) is 6.23. The molecule has 1 saturated heterocycles. The summed E-state index contributed by atoms with van der Waals surface area (Å²) in [6.07, 6.45) is -0.534. The van der Waals surface area contributed by atoms with Crippen LogP contribution in [-0.2, 0) is 4.79 Å². The summed E-state index contributed by atoms with van der Waals surface area (Å²) < 4.78 is 25.8. The average molecular weight is 586 g/mol. The normalized spacial score (nSPS) is 16.1. The summed E-state index contributed by atoms with van der Waals surface area (Å²) in [6.45, 7) is -0.611. The first-order valence-corrected chi connectivity index (χ1v) is 12.3. The van der Waals surface area contributed by atoms with Crippen LogP contribution >= 0.6 is 12.4 Å². The van der Waals surface area contributed by atoms with Crippen LogP contribution in [0.2, 0.25) is 0 Å². The number of alkyl halides is 1. The molecule has 216 valence electrons. The van der Waals surface area contributed by atoms with Gasteiger partial charge in [-0.25, -0.2) is 14.4 Å². The Morgan fingerprint density at radius 1 is 1.24 bits per heavy atom. The van der Waals surface area contributed by atoms with Crippen molar-refractivity contribution >= 4 is 36.0 Å². The number of hydrogen-bond acceptors (Lipinski definition) is 10. The Labute approximate surface area is 242 Å². The number of aliphatic hydroxyl groups excluding tert-OH is 1. The topological polar surface area (TPSA) is 154 Å². The number of likely N-dealkylation sites (tertiary alicyclic amines) is 1. The molecule has 2 amide bonds. The van der Waals surface area contributed by atoms with Gasteiger partial charge in [-0.05, 0) is 36.4 Å². The lowest BCUT2D eigenvalue weighted by molar-refractivity contribution is -0.138. The van der Waals surface area contributed by atoms with Crippen LogP contribution in [0.25, 0.3) is 11.3 Å². The van der Waals surface area contributed by atoms with Crippen LogP contribution < -0.4 is 14.8 Å². The number of aromatic nitrogens is 3. The molecule has 1 fully saturated rings. The van der Waals surface area contributed by atoms with E-state index >= 15 is 0 Å². The number of amides is 2. The van der Waals surface area contributed by atoms with E-state index < -0.39 is 24.8 Å². The second-order valence-corrected chi connectivity index (χ2v) is 9.12. The van der Waals surface area contributed by atoms with Gasteiger partial charge in [0.1, 0.15) is 35.9 Å². The fourth-order valence-electron chi connectivity index (χ4n) is 4.15. The number of methoxy groups -OCH3 is 1. The van der Waals surface area contributed by atoms with E-state index in [-0.39, 0.29) is 61.0 Å². The molecule has 3 heterocycles. The van der Waals surface area contributed by atoms with Crippen LogP contribution in [0.15, 0.2) is 42.6 Å². The maximum atomic E-state index is 14.7. The van der Waals surface area contributed by atoms with Gasteiger partial charge in [-0.15, -0.1) is 12.4 Å². The number of benzene rings is 1. The molecule has 2 aromatic heterocycles. The van der Waals surface area contributed by atoms with Crippen LogP contribution in [0.5, 0.6) is 11.6 Å². The molecule has 14 heteroatoms. The second-order valence-electron chi connectivity index (χ2n) is 9.12. The molecule has 3 aromatic rings. The molecule has 0 radical (unpaired) electrons. The Morgan fingerprint density at radius 2 is 2.02 bits per heavy atom. The van der Waals surface area contributed by atoms with Crippen molar-refractivity contribution < 1.29 is 28.6 Å². The number of ether oxygens (including phenoxy) is 2. The van der Waals surface area contributed by atoms with E-state index in [1.54, 1.807) is 50.5 Å². The number of carbonyl (C=O) groups is 2. The molecule has 12 nitrogen and oxygen atoms in total. The van der Waals surface area contributed by atoms with Crippen molar-refractivity contribution in [3.63, 3.8) is 0 Å². The highest BCUT2D eigenvalue weighted by molar-refractivity contribution is 5.96. The minimum absolute atomic E-state index is 0. The zero-order chi connectivity index (χ0) is 28.8. The number of piperidine rings is 1. The summed E-state index contributed by atoms with van der Waals surface area (Å²) in [7, 11) is 4.69. The second kappa shape index (κ2) is 13.7. The summed E-state index contributed by atoms with van der Waals surface area (Å²) in [5.74, 6) is 0.167. The Bertz CT molecular complexity index is 1450. The molecular formula is C27H29ClFN7O5. The van der Waals surface area contributed by atoms with Crippen molar-refractivity contribution in [2.24, 2.45) is 0 Å². The molecule has 4 rings (SSSR count). The maximum Gasteiger partial charge on any atom is 0.258 e. The minimum Gasteiger partial charge on any atom is -0.486 e. The fraction of sp³-hybridized carbons (Fsp3) is 0.333. The number of anilines is 2. The predicted molar refractivity (Wildman–Crippen MR) is 149 cm³/mol. The highest BCUT2D eigenvalue weighted by Gasteiger charge is 2.33. The SMILES string of the molecule is COc1nc(Nc2nccc(-c3ccc(O[C@H]4CCN(C(=O)CO)C[C@H]4F)c(C#N)c3)n2)ccc1C(=O)N(C)C.Cl. The largest absolute Gasteiger partial charge is 0.486 e. The summed E-state index contributed by atoms with van der Waals surface area (Å²) in [4.78, 5) is 39.7. The lowest BCUT2D eigenvalue weighted by Crippen LogP contribution is -2.50. The molecule has 1 aliphatic rings. The van der Waals surface area contributed by atoms with Gasteiger partial charge >= 0.3 is 0 Å². The van der Waals surface area contributed by atoms with Gasteiger partial charge in [-0.2, -0.15) is 10.2 Å². The highest BCUT2D eigenvalue weighted by atomic mass is 35.5. The number of halogens is 2. The Hall–Kier alpha value is -4.54. The van der Waals surface area contributed by atoms with E-state index in [0.29, 0.717) is 22.6 Å². The first-order valence-electron chi connectivity index (χ1n) is 12.3. The molecule has 2 atom stereocenters. The van der Waals surface area contributed by atoms with E-state index in [1.165, 1.54) is 23.1 Å². The Balaban J connectivity index is 0.00000462. The number of rotatable bonds is 8. The van der Waals surface area contributed by atoms with E-state index in [1.807, 2.05) is 0 Å². The van der Waals surface area contributed by atoms with Gasteiger partial charge < -0.3 is 29.7 Å². The third kappa shape index (κ3) is 7.16. The number of nitrogens with zero attached hydrogens (tertiary/aromatic N) is 6. The smallest absolute Gasteiger partial charge is 0.258 e. The fourth-order valence-corrected chi connectivity index (χ4v) is 4.15. The number of aliphatic hydroxyl groups is 1. The molecule has 0 bridgehead atoms. The standard InChI is InChI=1S/C27H28FN7O5.ClH/c1-34(2)26(38)18-5-7-23(32-25(18)39-3)33-27-30-10-8-20(31-27)16-4-6-21(17(12-16)13-29)40-22-9-11-35(14-19(22)28)24(37)15-36;/h4-8,10,12,19,22,36H,9,11,14-15H2,1-3H3,(H,30,31,32,33);1H/t19-,22+;/m1./s1. The Morgan fingerprint density at radius 3 is 2.68 bits per heavy atom. The monoisotopic (exact) mass is 585 g/mol. The van der Waals surface area contributed by atoms with Gasteiger partial charge in [0.25, 0.3) is 5.91 Å². The minimum atomic E-state index is -1.46. The predicted octanol–water partition coefficient (Wildman–Crippen LogP) is 2.60. The van der Waals surface area contributed by atoms with Crippen molar-refractivity contribution in [3.05, 3.63) is 53.7 Å². The summed E-state index contributed by atoms with van der Waals surface area (Å²) in [6, 6.07) is 11.8. The van der Waals surface area contributed by atoms with Crippen molar-refractivity contribution in [2.45, 2.75) is 18.7 Å². The van der Waals surface area contributed by atoms with Crippen LogP contribution in [0.1, 0.15) is 22.3 Å². The van der Waals surface area contributed by atoms with Crippen LogP contribution in [-0.4, -0.2) is 94.8 Å². The van der Waals surface area contributed by atoms with Crippen molar-refractivity contribution in [1.29, 1.82) is 5.26 Å². The zero-order valence-corrected chi connectivity index (χ0v) is 23.4. The number of pyridine rings is 1. The summed E-state index contributed by atoms with van der Waals surface area (Å²) >= 11 is 0. The zero-order valence-electron chi connectivity index (χ0n) is 22.6. The molecule has 0 saturated carbocycles. The molecule has 0 spiro atoms. The molecule has 2 N–H and O–H groups in total. The molecular weight excluding hydrogens is 557 g/mol. The lowest BCUT2D eigenvalue weighted by atomic mass is 10.0. The van der Waals surface area contributed by atoms with Crippen LogP contribution in [0, 0.1) is 11.3 Å². The van der Waals surface area contributed by atoms with E-state index in [9.17, 15) is 19.2 Å². The van der Waals surface area contributed by atoms with Crippen molar-refractivity contribution in [2.75, 3.05) is 46.2 Å². The van der Waals surface area contributed by atoms with Crippen LogP contribution in [0.4, 0.5) is 16.2 Å². The van der Waals surface area contributed by atoms with Gasteiger partial charge in [0.15, 0.2) is 6.17 Å². The first-order chi connectivity index (χ1) is 19.2. The summed E-state index contributed by atoms with van der Waals surface area (Å²) in [5, 5.41) is 21.7. The first kappa shape index (κ1) is 31.0. The highest BCUT2D eigenvalue weighted by Crippen LogP contribution is 2.29. The van der Waals surface area contributed by atoms with Crippen molar-refractivity contribution in [1.82, 2.24) is 24.8 Å². The number of hydrogen-bond donors (Lipinski definition) is 2. The number of nitrogens with one attached hydrogen (secondary N) is 1. The van der Waals surface area contributed by atoms with Gasteiger partial charge in [0.2, 0.25) is 17.7 Å². The molecule has 1 aliphatic heterocycles. The van der Waals surface area contributed by atoms with E-state index in [0.717, 1.165) is 0 Å². The molecule has 0 unspecified atom stereocenters. The van der Waals surface area contributed by atoms with Crippen molar-refractivity contribution in [3.8, 4) is 29.0 Å². The number of carbonyl (C=O) groups excluding carboxylic acids is 2. The van der Waals surface area contributed by atoms with Crippen LogP contribution in [0.3, 0.4) is 0 Å². The number of nitriles is 1. The molecule has 0 aliphatic carbocycles. The third-order valence-corrected chi connectivity index (χ3v) is 6.23. The van der Waals surface area contributed by atoms with Gasteiger partial charge in [0.05, 0.1) is 24.9 Å². The van der Waals surface area contributed by atoms with Gasteiger partial charge in [-0.3, -0.25) is 9.59 Å². The van der Waals surface area contributed by atoms with E-state index in [4.69, 9.17) is 14.6 Å². The maximum absolute atomic E-state index is 14.7. The molecule has 41 heavy (non-hydrogen) atoms. The average Bonchev–Trinajstić information content (AvgIpc) is 2.97.